The van der Waals surface area contributed by atoms with Crippen LogP contribution in [0.15, 0.2) is 24.3 Å². The molecule has 1 unspecified atom stereocenters. The van der Waals surface area contributed by atoms with Crippen LogP contribution < -0.4 is 5.73 Å². The molecule has 0 saturated heterocycles. The molecule has 1 atom stereocenters. The van der Waals surface area contributed by atoms with Gasteiger partial charge in [0, 0.05) is 12.0 Å². The van der Waals surface area contributed by atoms with Crippen LogP contribution in [0.5, 0.6) is 0 Å². The molecule has 1 aromatic rings. The lowest BCUT2D eigenvalue weighted by Gasteiger charge is -2.27. The van der Waals surface area contributed by atoms with Crippen LogP contribution in [0.25, 0.3) is 0 Å². The number of aliphatic hydroxyl groups is 3. The van der Waals surface area contributed by atoms with E-state index in [-0.39, 0.29) is 5.92 Å². The second-order valence-corrected chi connectivity index (χ2v) is 5.42. The Morgan fingerprint density at radius 2 is 1.85 bits per heavy atom. The van der Waals surface area contributed by atoms with Gasteiger partial charge in [0.15, 0.2) is 5.79 Å². The Hall–Kier alpha value is -0.940. The molecular formula is C16H27NO3. The molecule has 1 rings (SSSR count). The largest absolute Gasteiger partial charge is 0.388 e. The molecule has 20 heavy (non-hydrogen) atoms. The van der Waals surface area contributed by atoms with Gasteiger partial charge in [0.1, 0.15) is 0 Å². The molecule has 0 aliphatic heterocycles. The molecule has 0 aromatic heterocycles. The summed E-state index contributed by atoms with van der Waals surface area (Å²) in [7, 11) is 0. The zero-order chi connectivity index (χ0) is 15.2. The van der Waals surface area contributed by atoms with E-state index in [0.29, 0.717) is 30.5 Å². The number of benzene rings is 1. The van der Waals surface area contributed by atoms with Gasteiger partial charge in [-0.2, -0.15) is 0 Å². The molecule has 5 N–H and O–H groups in total. The second-order valence-electron chi connectivity index (χ2n) is 5.42. The summed E-state index contributed by atoms with van der Waals surface area (Å²) in [6.45, 7) is 4.49. The van der Waals surface area contributed by atoms with Crippen molar-refractivity contribution in [3.8, 4) is 0 Å². The number of nitrogens with two attached hydrogens (primary N) is 1. The molecule has 0 heterocycles. The SMILES string of the molecule is CCC(CC)CC(O)(O)c1cccc(C(O)CCN)c1. The number of aliphatic hydroxyl groups excluding tert-OH is 1. The average Bonchev–Trinajstić information content (AvgIpc) is 2.45. The van der Waals surface area contributed by atoms with E-state index >= 15 is 0 Å². The Bertz CT molecular complexity index is 402. The van der Waals surface area contributed by atoms with Gasteiger partial charge < -0.3 is 21.1 Å². The lowest BCUT2D eigenvalue weighted by molar-refractivity contribution is -0.183. The lowest BCUT2D eigenvalue weighted by Crippen LogP contribution is -2.28. The normalized spacial score (nSPS) is 13.8. The van der Waals surface area contributed by atoms with Gasteiger partial charge in [-0.1, -0.05) is 44.9 Å². The number of rotatable bonds is 8. The minimum Gasteiger partial charge on any atom is -0.388 e. The van der Waals surface area contributed by atoms with Gasteiger partial charge in [-0.25, -0.2) is 0 Å². The van der Waals surface area contributed by atoms with Crippen molar-refractivity contribution in [1.29, 1.82) is 0 Å². The maximum Gasteiger partial charge on any atom is 0.190 e. The average molecular weight is 281 g/mol. The fourth-order valence-corrected chi connectivity index (χ4v) is 2.42. The predicted octanol–water partition coefficient (Wildman–Crippen LogP) is 2.03. The van der Waals surface area contributed by atoms with Gasteiger partial charge >= 0.3 is 0 Å². The van der Waals surface area contributed by atoms with Crippen molar-refractivity contribution in [1.82, 2.24) is 0 Å². The first-order valence-electron chi connectivity index (χ1n) is 7.37. The van der Waals surface area contributed by atoms with Gasteiger partial charge in [-0.3, -0.25) is 0 Å². The summed E-state index contributed by atoms with van der Waals surface area (Å²) in [5.74, 6) is -1.59. The van der Waals surface area contributed by atoms with Crippen LogP contribution in [0.2, 0.25) is 0 Å². The molecule has 4 nitrogen and oxygen atoms in total. The molecule has 0 fully saturated rings. The molecule has 114 valence electrons. The summed E-state index contributed by atoms with van der Waals surface area (Å²) in [4.78, 5) is 0. The summed E-state index contributed by atoms with van der Waals surface area (Å²) in [6, 6.07) is 6.85. The highest BCUT2D eigenvalue weighted by molar-refractivity contribution is 5.28. The highest BCUT2D eigenvalue weighted by atomic mass is 16.5. The first kappa shape index (κ1) is 17.1. The Morgan fingerprint density at radius 1 is 1.20 bits per heavy atom. The summed E-state index contributed by atoms with van der Waals surface area (Å²) in [5, 5.41) is 30.5. The van der Waals surface area contributed by atoms with Gasteiger partial charge in [-0.15, -0.1) is 0 Å². The summed E-state index contributed by atoms with van der Waals surface area (Å²) in [5.41, 5.74) is 6.53. The predicted molar refractivity (Wildman–Crippen MR) is 79.9 cm³/mol. The van der Waals surface area contributed by atoms with Crippen LogP contribution in [0.1, 0.15) is 56.8 Å². The monoisotopic (exact) mass is 281 g/mol. The van der Waals surface area contributed by atoms with Crippen LogP contribution in [-0.2, 0) is 5.79 Å². The van der Waals surface area contributed by atoms with Crippen molar-refractivity contribution in [2.75, 3.05) is 6.54 Å². The van der Waals surface area contributed by atoms with Crippen LogP contribution in [0, 0.1) is 5.92 Å². The zero-order valence-corrected chi connectivity index (χ0v) is 12.4. The fourth-order valence-electron chi connectivity index (χ4n) is 2.42. The smallest absolute Gasteiger partial charge is 0.190 e. The van der Waals surface area contributed by atoms with Crippen molar-refractivity contribution < 1.29 is 15.3 Å². The molecule has 0 saturated carbocycles. The number of hydrogen-bond acceptors (Lipinski definition) is 4. The van der Waals surface area contributed by atoms with E-state index in [1.807, 2.05) is 13.8 Å². The third kappa shape index (κ3) is 4.56. The summed E-state index contributed by atoms with van der Waals surface area (Å²) >= 11 is 0. The van der Waals surface area contributed by atoms with Gasteiger partial charge in [0.05, 0.1) is 6.10 Å². The van der Waals surface area contributed by atoms with Crippen molar-refractivity contribution in [3.63, 3.8) is 0 Å². The summed E-state index contributed by atoms with van der Waals surface area (Å²) in [6.07, 6.45) is 1.92. The molecule has 0 radical (unpaired) electrons. The third-order valence-electron chi connectivity index (χ3n) is 3.90. The highest BCUT2D eigenvalue weighted by Gasteiger charge is 2.29. The van der Waals surface area contributed by atoms with E-state index in [1.54, 1.807) is 24.3 Å². The first-order valence-corrected chi connectivity index (χ1v) is 7.37. The van der Waals surface area contributed by atoms with Crippen molar-refractivity contribution in [2.24, 2.45) is 11.7 Å². The van der Waals surface area contributed by atoms with E-state index in [9.17, 15) is 15.3 Å². The van der Waals surface area contributed by atoms with E-state index in [4.69, 9.17) is 5.73 Å². The molecule has 0 aliphatic rings. The first-order chi connectivity index (χ1) is 9.44. The summed E-state index contributed by atoms with van der Waals surface area (Å²) < 4.78 is 0. The Morgan fingerprint density at radius 3 is 2.40 bits per heavy atom. The van der Waals surface area contributed by atoms with Gasteiger partial charge in [0.2, 0.25) is 0 Å². The van der Waals surface area contributed by atoms with Crippen molar-refractivity contribution in [3.05, 3.63) is 35.4 Å². The van der Waals surface area contributed by atoms with E-state index < -0.39 is 11.9 Å². The minimum absolute atomic E-state index is 0.266. The molecule has 0 aliphatic carbocycles. The highest BCUT2D eigenvalue weighted by Crippen LogP contribution is 2.30. The van der Waals surface area contributed by atoms with E-state index in [0.717, 1.165) is 12.8 Å². The second kappa shape index (κ2) is 7.74. The Balaban J connectivity index is 2.91. The van der Waals surface area contributed by atoms with Crippen LogP contribution >= 0.6 is 0 Å². The maximum atomic E-state index is 10.3. The molecular weight excluding hydrogens is 254 g/mol. The van der Waals surface area contributed by atoms with Crippen LogP contribution in [0.3, 0.4) is 0 Å². The standard InChI is InChI=1S/C16H27NO3/c1-3-12(4-2)11-16(19,20)14-7-5-6-13(10-14)15(18)8-9-17/h5-7,10,12,15,18-20H,3-4,8-9,11,17H2,1-2H3. The quantitative estimate of drug-likeness (QED) is 0.549. The Labute approximate surface area is 121 Å². The molecule has 0 spiro atoms. The third-order valence-corrected chi connectivity index (χ3v) is 3.90. The van der Waals surface area contributed by atoms with Gasteiger partial charge in [0.25, 0.3) is 0 Å². The molecule has 4 heteroatoms. The molecule has 0 bridgehead atoms. The maximum absolute atomic E-state index is 10.3. The van der Waals surface area contributed by atoms with E-state index in [2.05, 4.69) is 0 Å². The fraction of sp³-hybridized carbons (Fsp3) is 0.625. The minimum atomic E-state index is -1.85. The molecule has 0 amide bonds. The molecule has 1 aromatic carbocycles. The van der Waals surface area contributed by atoms with Crippen LogP contribution in [-0.4, -0.2) is 21.9 Å². The van der Waals surface area contributed by atoms with Crippen LogP contribution in [0.4, 0.5) is 0 Å². The zero-order valence-electron chi connectivity index (χ0n) is 12.4. The van der Waals surface area contributed by atoms with Crippen molar-refractivity contribution in [2.45, 2.75) is 51.4 Å². The van der Waals surface area contributed by atoms with Crippen molar-refractivity contribution >= 4 is 0 Å². The topological polar surface area (TPSA) is 86.7 Å². The van der Waals surface area contributed by atoms with E-state index in [1.165, 1.54) is 0 Å². The van der Waals surface area contributed by atoms with Gasteiger partial charge in [-0.05, 0) is 30.5 Å². The Kier molecular flexibility index (Phi) is 6.62. The lowest BCUT2D eigenvalue weighted by atomic mass is 9.89. The number of hydrogen-bond donors (Lipinski definition) is 4.